The average molecular weight is 358 g/mol. The molecule has 6 rings (SSSR count). The van der Waals surface area contributed by atoms with Crippen LogP contribution in [-0.2, 0) is 11.8 Å². The van der Waals surface area contributed by atoms with Crippen LogP contribution < -0.4 is 10.2 Å². The van der Waals surface area contributed by atoms with E-state index in [1.807, 2.05) is 6.07 Å². The molecule has 1 spiro atoms. The number of rotatable bonds is 3. The molecule has 140 valence electrons. The van der Waals surface area contributed by atoms with Gasteiger partial charge in [-0.15, -0.1) is 0 Å². The molecular weight excluding hydrogens is 332 g/mol. The second-order valence-electron chi connectivity index (χ2n) is 9.06. The number of hydrogen-bond acceptors (Lipinski definition) is 6. The second-order valence-corrected chi connectivity index (χ2v) is 9.06. The van der Waals surface area contributed by atoms with E-state index >= 15 is 0 Å². The van der Waals surface area contributed by atoms with E-state index < -0.39 is 11.0 Å². The molecule has 0 aromatic heterocycles. The lowest BCUT2D eigenvalue weighted by Crippen LogP contribution is -2.78. The topological polar surface area (TPSA) is 85.2 Å². The molecule has 3 fully saturated rings. The number of nitrogens with one attached hydrogen (secondary N) is 1. The Morgan fingerprint density at radius 2 is 2.08 bits per heavy atom. The van der Waals surface area contributed by atoms with Gasteiger partial charge in [0.25, 0.3) is 0 Å². The van der Waals surface area contributed by atoms with Gasteiger partial charge in [-0.05, 0) is 62.6 Å². The van der Waals surface area contributed by atoms with Crippen molar-refractivity contribution in [2.45, 2.75) is 67.7 Å². The van der Waals surface area contributed by atoms with Gasteiger partial charge in [-0.25, -0.2) is 0 Å². The molecule has 2 saturated carbocycles. The van der Waals surface area contributed by atoms with E-state index in [1.54, 1.807) is 6.07 Å². The summed E-state index contributed by atoms with van der Waals surface area (Å²) in [5.41, 5.74) is 3.21. The third-order valence-corrected chi connectivity index (χ3v) is 7.93. The Balaban J connectivity index is 1.55. The monoisotopic (exact) mass is 358 g/mol. The quantitative estimate of drug-likeness (QED) is 0.610. The lowest BCUT2D eigenvalue weighted by molar-refractivity contribution is -0.197. The number of nitrogens with zero attached hydrogens (tertiary/aromatic N) is 1. The van der Waals surface area contributed by atoms with Crippen LogP contribution in [0.25, 0.3) is 0 Å². The zero-order chi connectivity index (χ0) is 17.7. The molecule has 2 bridgehead atoms. The van der Waals surface area contributed by atoms with Crippen LogP contribution in [-0.4, -0.2) is 57.2 Å². The van der Waals surface area contributed by atoms with Crippen LogP contribution in [0.5, 0.6) is 11.5 Å². The van der Waals surface area contributed by atoms with Crippen LogP contribution >= 0.6 is 0 Å². The molecule has 1 aromatic rings. The summed E-state index contributed by atoms with van der Waals surface area (Å²) in [6.45, 7) is 2.02. The summed E-state index contributed by atoms with van der Waals surface area (Å²) in [7, 11) is 0. The number of ether oxygens (including phenoxy) is 1. The molecule has 4 N–H and O–H groups in total. The predicted octanol–water partition coefficient (Wildman–Crippen LogP) is 1.30. The third-order valence-electron chi connectivity index (χ3n) is 7.93. The fraction of sp³-hybridized carbons (Fsp3) is 0.700. The Bertz CT molecular complexity index is 781. The highest BCUT2D eigenvalue weighted by Crippen LogP contribution is 2.65. The summed E-state index contributed by atoms with van der Waals surface area (Å²) in [4.78, 5) is 2.51. The van der Waals surface area contributed by atoms with Crippen molar-refractivity contribution >= 4 is 0 Å². The molecule has 26 heavy (non-hydrogen) atoms. The molecule has 0 amide bonds. The van der Waals surface area contributed by atoms with Crippen molar-refractivity contribution in [1.29, 1.82) is 0 Å². The van der Waals surface area contributed by atoms with Crippen molar-refractivity contribution in [1.82, 2.24) is 10.4 Å². The Hall–Kier alpha value is -1.34. The van der Waals surface area contributed by atoms with E-state index in [4.69, 9.17) is 4.74 Å². The Kier molecular flexibility index (Phi) is 2.97. The number of hydrogen-bond donors (Lipinski definition) is 4. The summed E-state index contributed by atoms with van der Waals surface area (Å²) in [6, 6.07) is 3.58. The maximum absolute atomic E-state index is 12.1. The first kappa shape index (κ1) is 15.7. The van der Waals surface area contributed by atoms with E-state index in [0.717, 1.165) is 37.4 Å². The van der Waals surface area contributed by atoms with Crippen LogP contribution in [0.2, 0.25) is 0 Å². The van der Waals surface area contributed by atoms with Gasteiger partial charge in [0.2, 0.25) is 0 Å². The number of aliphatic hydroxyl groups is 1. The fourth-order valence-electron chi connectivity index (χ4n) is 6.61. The van der Waals surface area contributed by atoms with Crippen molar-refractivity contribution in [2.24, 2.45) is 5.92 Å². The van der Waals surface area contributed by atoms with Crippen molar-refractivity contribution in [3.63, 3.8) is 0 Å². The van der Waals surface area contributed by atoms with Gasteiger partial charge in [-0.1, -0.05) is 6.07 Å². The summed E-state index contributed by atoms with van der Waals surface area (Å²) in [5.74, 6) is 1.46. The van der Waals surface area contributed by atoms with Crippen molar-refractivity contribution in [2.75, 3.05) is 13.1 Å². The Labute approximate surface area is 152 Å². The third kappa shape index (κ3) is 1.68. The number of aromatic hydroxyl groups is 1. The zero-order valence-corrected chi connectivity index (χ0v) is 14.8. The molecule has 0 unspecified atom stereocenters. The van der Waals surface area contributed by atoms with Gasteiger partial charge in [0.1, 0.15) is 6.10 Å². The second kappa shape index (κ2) is 4.93. The largest absolute Gasteiger partial charge is 0.504 e. The zero-order valence-electron chi connectivity index (χ0n) is 14.8. The van der Waals surface area contributed by atoms with Gasteiger partial charge >= 0.3 is 0 Å². The van der Waals surface area contributed by atoms with Gasteiger partial charge < -0.3 is 20.2 Å². The minimum Gasteiger partial charge on any atom is -0.504 e. The molecule has 3 aliphatic carbocycles. The van der Waals surface area contributed by atoms with Gasteiger partial charge in [0.05, 0.1) is 17.1 Å². The van der Waals surface area contributed by atoms with Crippen molar-refractivity contribution < 1.29 is 20.2 Å². The summed E-state index contributed by atoms with van der Waals surface area (Å²) in [6.07, 6.45) is 5.19. The molecular formula is C20H26N2O4. The van der Waals surface area contributed by atoms with Gasteiger partial charge in [0, 0.05) is 18.2 Å². The van der Waals surface area contributed by atoms with Crippen LogP contribution in [0, 0.1) is 5.92 Å². The number of phenolic OH excluding ortho intramolecular Hbond substituents is 1. The standard InChI is InChI=1S/C20H26N2O4/c23-14-4-3-12-9-15-20(24)6-5-13(21-25)18-19(20,16(12)17(14)26-18)7-8-22(15)10-11-1-2-11/h3-4,11,13,15,18,21,23-25H,1-2,5-10H2/t13-,15-,18+,19+,20-/m1/s1. The van der Waals surface area contributed by atoms with Gasteiger partial charge in [0.15, 0.2) is 11.5 Å². The highest BCUT2D eigenvalue weighted by Gasteiger charge is 2.73. The molecule has 2 heterocycles. The molecule has 1 aromatic carbocycles. The first-order valence-electron chi connectivity index (χ1n) is 9.96. The Morgan fingerprint density at radius 3 is 2.85 bits per heavy atom. The Morgan fingerprint density at radius 1 is 1.23 bits per heavy atom. The lowest BCUT2D eigenvalue weighted by Gasteiger charge is -2.64. The smallest absolute Gasteiger partial charge is 0.165 e. The lowest BCUT2D eigenvalue weighted by atomic mass is 9.48. The maximum Gasteiger partial charge on any atom is 0.165 e. The molecule has 6 heteroatoms. The molecule has 6 nitrogen and oxygen atoms in total. The normalized spacial score (nSPS) is 43.1. The van der Waals surface area contributed by atoms with E-state index in [9.17, 15) is 15.4 Å². The highest BCUT2D eigenvalue weighted by atomic mass is 16.5. The van der Waals surface area contributed by atoms with E-state index in [2.05, 4.69) is 10.4 Å². The van der Waals surface area contributed by atoms with Gasteiger partial charge in [-0.2, -0.15) is 5.48 Å². The number of benzene rings is 1. The van der Waals surface area contributed by atoms with Crippen molar-refractivity contribution in [3.8, 4) is 11.5 Å². The number of hydroxylamine groups is 1. The van der Waals surface area contributed by atoms with E-state index in [1.165, 1.54) is 18.4 Å². The van der Waals surface area contributed by atoms with E-state index in [0.29, 0.717) is 18.6 Å². The molecule has 2 aliphatic heterocycles. The van der Waals surface area contributed by atoms with Crippen LogP contribution in [0.15, 0.2) is 12.1 Å². The first-order valence-corrected chi connectivity index (χ1v) is 9.96. The molecule has 1 saturated heterocycles. The van der Waals surface area contributed by atoms with Crippen LogP contribution in [0.1, 0.15) is 43.2 Å². The van der Waals surface area contributed by atoms with Gasteiger partial charge in [-0.3, -0.25) is 4.90 Å². The first-order chi connectivity index (χ1) is 12.6. The van der Waals surface area contributed by atoms with Crippen LogP contribution in [0.4, 0.5) is 0 Å². The SMILES string of the molecule is ON[C@@H]1CC[C@@]2(O)[C@H]3Cc4ccc(O)c5c4[C@@]2(CCN3CC2CC2)[C@H]1O5. The predicted molar refractivity (Wildman–Crippen MR) is 93.5 cm³/mol. The van der Waals surface area contributed by atoms with E-state index in [-0.39, 0.29) is 23.9 Å². The molecule has 5 aliphatic rings. The molecule has 5 atom stereocenters. The summed E-state index contributed by atoms with van der Waals surface area (Å²) < 4.78 is 6.26. The van der Waals surface area contributed by atoms with Crippen LogP contribution in [0.3, 0.4) is 0 Å². The maximum atomic E-state index is 12.1. The highest BCUT2D eigenvalue weighted by molar-refractivity contribution is 5.62. The minimum atomic E-state index is -0.871. The fourth-order valence-corrected chi connectivity index (χ4v) is 6.61. The average Bonchev–Trinajstić information content (AvgIpc) is 3.37. The summed E-state index contributed by atoms with van der Waals surface area (Å²) >= 11 is 0. The number of phenols is 1. The van der Waals surface area contributed by atoms with Crippen molar-refractivity contribution in [3.05, 3.63) is 23.3 Å². The number of likely N-dealkylation sites (tertiary alicyclic amines) is 1. The minimum absolute atomic E-state index is 0.0885. The molecule has 0 radical (unpaired) electrons. The summed E-state index contributed by atoms with van der Waals surface area (Å²) in [5, 5.41) is 32.3. The number of piperidine rings is 1.